The van der Waals surface area contributed by atoms with Crippen LogP contribution in [0.3, 0.4) is 0 Å². The molecule has 3 rings (SSSR count). The van der Waals surface area contributed by atoms with Crippen LogP contribution in [0.2, 0.25) is 0 Å². The number of aromatic nitrogens is 2. The Kier molecular flexibility index (Phi) is 3.72. The molecule has 2 atom stereocenters. The Bertz CT molecular complexity index is 610. The Hall–Kier alpha value is -1.46. The lowest BCUT2D eigenvalue weighted by Crippen LogP contribution is -2.35. The van der Waals surface area contributed by atoms with Crippen LogP contribution in [0.5, 0.6) is 0 Å². The van der Waals surface area contributed by atoms with E-state index in [-0.39, 0.29) is 17.8 Å². The first-order valence-corrected chi connectivity index (χ1v) is 7.22. The molecule has 0 radical (unpaired) electrons. The van der Waals surface area contributed by atoms with Crippen molar-refractivity contribution in [1.29, 1.82) is 0 Å². The zero-order valence-corrected chi connectivity index (χ0v) is 11.9. The van der Waals surface area contributed by atoms with Gasteiger partial charge >= 0.3 is 0 Å². The third-order valence-electron chi connectivity index (χ3n) is 3.95. The molecule has 0 amide bonds. The average Bonchev–Trinajstić information content (AvgIpc) is 3.03. The Labute approximate surface area is 117 Å². The van der Waals surface area contributed by atoms with Crippen LogP contribution in [-0.4, -0.2) is 35.4 Å². The number of nitrogens with zero attached hydrogens (tertiary/aromatic N) is 2. The first kappa shape index (κ1) is 13.5. The number of hydrogen-bond donors (Lipinski definition) is 1. The van der Waals surface area contributed by atoms with Crippen molar-refractivity contribution in [3.63, 3.8) is 0 Å². The Morgan fingerprint density at radius 3 is 3.00 bits per heavy atom. The normalized spacial score (nSPS) is 22.8. The molecule has 2 unspecified atom stereocenters. The van der Waals surface area contributed by atoms with Crippen LogP contribution >= 0.6 is 0 Å². The fourth-order valence-electron chi connectivity index (χ4n) is 3.02. The maximum Gasteiger partial charge on any atom is 0.151 e. The number of nitrogens with one attached hydrogen (secondary N) is 1. The summed E-state index contributed by atoms with van der Waals surface area (Å²) in [6.45, 7) is 7.15. The molecule has 1 fully saturated rings. The maximum absolute atomic E-state index is 13.9. The highest BCUT2D eigenvalue weighted by Crippen LogP contribution is 2.29. The van der Waals surface area contributed by atoms with Gasteiger partial charge in [-0.2, -0.15) is 0 Å². The number of aryl methyl sites for hydroxylation is 1. The van der Waals surface area contributed by atoms with Crippen molar-refractivity contribution in [3.05, 3.63) is 29.8 Å². The summed E-state index contributed by atoms with van der Waals surface area (Å²) in [6.07, 6.45) is 0. The van der Waals surface area contributed by atoms with Crippen molar-refractivity contribution in [2.45, 2.75) is 32.4 Å². The van der Waals surface area contributed by atoms with Gasteiger partial charge in [-0.1, -0.05) is 13.0 Å². The smallest absolute Gasteiger partial charge is 0.151 e. The molecule has 2 heterocycles. The Morgan fingerprint density at radius 2 is 2.25 bits per heavy atom. The lowest BCUT2D eigenvalue weighted by Gasteiger charge is -2.18. The van der Waals surface area contributed by atoms with Crippen LogP contribution in [0, 0.1) is 5.82 Å². The summed E-state index contributed by atoms with van der Waals surface area (Å²) in [5.41, 5.74) is 1.33. The van der Waals surface area contributed by atoms with Gasteiger partial charge in [-0.3, -0.25) is 0 Å². The molecule has 0 bridgehead atoms. The lowest BCUT2D eigenvalue weighted by molar-refractivity contribution is 0.187. The van der Waals surface area contributed by atoms with Crippen LogP contribution in [0.15, 0.2) is 18.2 Å². The van der Waals surface area contributed by atoms with E-state index in [2.05, 4.69) is 28.7 Å². The molecule has 2 aromatic rings. The summed E-state index contributed by atoms with van der Waals surface area (Å²) in [5.74, 6) is 0.854. The second kappa shape index (κ2) is 5.50. The monoisotopic (exact) mass is 277 g/mol. The second-order valence-electron chi connectivity index (χ2n) is 5.13. The SMILES string of the molecule is CCNC1COCC1c1nc2c(F)cccc2n1CC. The zero-order chi connectivity index (χ0) is 14.1. The summed E-state index contributed by atoms with van der Waals surface area (Å²) in [7, 11) is 0. The van der Waals surface area contributed by atoms with Crippen LogP contribution in [0.4, 0.5) is 4.39 Å². The number of likely N-dealkylation sites (N-methyl/N-ethyl adjacent to an activating group) is 1. The summed E-state index contributed by atoms with van der Waals surface area (Å²) in [6, 6.07) is 5.38. The van der Waals surface area contributed by atoms with E-state index in [1.54, 1.807) is 6.07 Å². The molecule has 20 heavy (non-hydrogen) atoms. The highest BCUT2D eigenvalue weighted by Gasteiger charge is 2.33. The lowest BCUT2D eigenvalue weighted by atomic mass is 10.0. The first-order valence-electron chi connectivity index (χ1n) is 7.22. The van der Waals surface area contributed by atoms with E-state index in [0.717, 1.165) is 24.4 Å². The molecule has 108 valence electrons. The molecule has 1 aliphatic heterocycles. The number of rotatable bonds is 4. The topological polar surface area (TPSA) is 39.1 Å². The molecule has 0 aliphatic carbocycles. The maximum atomic E-state index is 13.9. The van der Waals surface area contributed by atoms with Gasteiger partial charge in [0.2, 0.25) is 0 Å². The third kappa shape index (κ3) is 2.11. The molecule has 1 aromatic heterocycles. The van der Waals surface area contributed by atoms with Crippen molar-refractivity contribution in [2.75, 3.05) is 19.8 Å². The number of fused-ring (bicyclic) bond motifs is 1. The molecule has 0 spiro atoms. The van der Waals surface area contributed by atoms with Crippen molar-refractivity contribution in [2.24, 2.45) is 0 Å². The number of para-hydroxylation sites is 1. The highest BCUT2D eigenvalue weighted by molar-refractivity contribution is 5.76. The fraction of sp³-hybridized carbons (Fsp3) is 0.533. The van der Waals surface area contributed by atoms with Gasteiger partial charge in [-0.05, 0) is 25.6 Å². The molecular weight excluding hydrogens is 257 g/mol. The minimum absolute atomic E-state index is 0.182. The van der Waals surface area contributed by atoms with Gasteiger partial charge in [-0.25, -0.2) is 9.37 Å². The van der Waals surface area contributed by atoms with Gasteiger partial charge in [0.1, 0.15) is 11.3 Å². The van der Waals surface area contributed by atoms with E-state index in [1.807, 2.05) is 6.07 Å². The van der Waals surface area contributed by atoms with E-state index in [4.69, 9.17) is 4.74 Å². The van der Waals surface area contributed by atoms with Gasteiger partial charge in [0.05, 0.1) is 24.6 Å². The molecule has 1 aliphatic rings. The third-order valence-corrected chi connectivity index (χ3v) is 3.95. The minimum Gasteiger partial charge on any atom is -0.379 e. The van der Waals surface area contributed by atoms with Crippen molar-refractivity contribution in [1.82, 2.24) is 14.9 Å². The van der Waals surface area contributed by atoms with Gasteiger partial charge in [0.15, 0.2) is 5.82 Å². The quantitative estimate of drug-likeness (QED) is 0.932. The fourth-order valence-corrected chi connectivity index (χ4v) is 3.02. The van der Waals surface area contributed by atoms with Crippen LogP contribution < -0.4 is 5.32 Å². The van der Waals surface area contributed by atoms with Crippen molar-refractivity contribution < 1.29 is 9.13 Å². The number of benzene rings is 1. The van der Waals surface area contributed by atoms with Crippen molar-refractivity contribution >= 4 is 11.0 Å². The number of imidazole rings is 1. The first-order chi connectivity index (χ1) is 9.76. The van der Waals surface area contributed by atoms with E-state index in [9.17, 15) is 4.39 Å². The summed E-state index contributed by atoms with van der Waals surface area (Å²) in [5, 5.41) is 3.43. The zero-order valence-electron chi connectivity index (χ0n) is 11.9. The highest BCUT2D eigenvalue weighted by atomic mass is 19.1. The number of ether oxygens (including phenoxy) is 1. The molecule has 1 aromatic carbocycles. The Balaban J connectivity index is 2.08. The summed E-state index contributed by atoms with van der Waals surface area (Å²) in [4.78, 5) is 4.57. The van der Waals surface area contributed by atoms with Crippen LogP contribution in [0.1, 0.15) is 25.6 Å². The predicted octanol–water partition coefficient (Wildman–Crippen LogP) is 2.29. The van der Waals surface area contributed by atoms with Gasteiger partial charge in [0, 0.05) is 12.6 Å². The van der Waals surface area contributed by atoms with Gasteiger partial charge < -0.3 is 14.6 Å². The van der Waals surface area contributed by atoms with Crippen molar-refractivity contribution in [3.8, 4) is 0 Å². The molecule has 1 saturated heterocycles. The molecule has 0 saturated carbocycles. The van der Waals surface area contributed by atoms with Gasteiger partial charge in [0.25, 0.3) is 0 Å². The average molecular weight is 277 g/mol. The number of halogens is 1. The van der Waals surface area contributed by atoms with Crippen LogP contribution in [0.25, 0.3) is 11.0 Å². The standard InChI is InChI=1S/C15H20FN3O/c1-3-17-12-9-20-8-10(12)15-18-14-11(16)6-5-7-13(14)19(15)4-2/h5-7,10,12,17H,3-4,8-9H2,1-2H3. The second-order valence-corrected chi connectivity index (χ2v) is 5.13. The Morgan fingerprint density at radius 1 is 1.40 bits per heavy atom. The minimum atomic E-state index is -0.255. The van der Waals surface area contributed by atoms with E-state index >= 15 is 0 Å². The molecule has 4 nitrogen and oxygen atoms in total. The molecule has 5 heteroatoms. The largest absolute Gasteiger partial charge is 0.379 e. The summed E-state index contributed by atoms with van der Waals surface area (Å²) < 4.78 is 21.6. The van der Waals surface area contributed by atoms with E-state index in [1.165, 1.54) is 6.07 Å². The summed E-state index contributed by atoms with van der Waals surface area (Å²) >= 11 is 0. The predicted molar refractivity (Wildman–Crippen MR) is 76.4 cm³/mol. The molecular formula is C15H20FN3O. The van der Waals surface area contributed by atoms with E-state index in [0.29, 0.717) is 18.7 Å². The van der Waals surface area contributed by atoms with Crippen LogP contribution in [-0.2, 0) is 11.3 Å². The van der Waals surface area contributed by atoms with Gasteiger partial charge in [-0.15, -0.1) is 0 Å². The molecule has 1 N–H and O–H groups in total. The number of hydrogen-bond acceptors (Lipinski definition) is 3. The van der Waals surface area contributed by atoms with E-state index < -0.39 is 0 Å².